The van der Waals surface area contributed by atoms with Gasteiger partial charge >= 0.3 is 23.8 Å². The van der Waals surface area contributed by atoms with Crippen molar-refractivity contribution >= 4 is 43.4 Å². The van der Waals surface area contributed by atoms with E-state index in [2.05, 4.69) is 13.1 Å². The summed E-state index contributed by atoms with van der Waals surface area (Å²) >= 11 is 0.828. The summed E-state index contributed by atoms with van der Waals surface area (Å²) < 4.78 is 33.1. The first-order chi connectivity index (χ1) is 9.72. The highest BCUT2D eigenvalue weighted by Gasteiger charge is 2.47. The van der Waals surface area contributed by atoms with E-state index in [-0.39, 0.29) is 0 Å². The molecule has 1 saturated heterocycles. The van der Waals surface area contributed by atoms with Crippen LogP contribution < -0.4 is 4.89 Å². The van der Waals surface area contributed by atoms with Crippen molar-refractivity contribution in [2.45, 2.75) is 22.6 Å². The molecule has 2 radical (unpaired) electrons. The van der Waals surface area contributed by atoms with Crippen LogP contribution in [0.1, 0.15) is 0 Å². The molecule has 0 aliphatic carbocycles. The van der Waals surface area contributed by atoms with E-state index in [0.717, 1.165) is 11.8 Å². The zero-order valence-electron chi connectivity index (χ0n) is 10.5. The van der Waals surface area contributed by atoms with Crippen molar-refractivity contribution < 1.29 is 57.0 Å². The van der Waals surface area contributed by atoms with E-state index >= 15 is 0 Å². The summed E-state index contributed by atoms with van der Waals surface area (Å²) in [5.74, 6) is 0. The molecular weight excluding hydrogens is 388 g/mol. The van der Waals surface area contributed by atoms with Crippen LogP contribution in [0.5, 0.6) is 0 Å². The maximum atomic E-state index is 11.4. The summed E-state index contributed by atoms with van der Waals surface area (Å²) in [7, 11) is -10.9. The Morgan fingerprint density at radius 2 is 1.73 bits per heavy atom. The first-order valence-corrected chi connectivity index (χ1v) is 10.7. The molecular formula is C5H12BO12P3S. The van der Waals surface area contributed by atoms with Crippen molar-refractivity contribution in [3.8, 4) is 0 Å². The van der Waals surface area contributed by atoms with Crippen LogP contribution in [0.2, 0.25) is 0 Å². The molecule has 1 heterocycles. The van der Waals surface area contributed by atoms with Crippen molar-refractivity contribution in [3.05, 3.63) is 0 Å². The van der Waals surface area contributed by atoms with Gasteiger partial charge in [0, 0.05) is 0 Å². The Balaban J connectivity index is 2.58. The van der Waals surface area contributed by atoms with Crippen LogP contribution in [0, 0.1) is 0 Å². The molecule has 128 valence electrons. The van der Waals surface area contributed by atoms with Crippen LogP contribution in [0.15, 0.2) is 0 Å². The van der Waals surface area contributed by atoms with Gasteiger partial charge in [0.05, 0.1) is 31.9 Å². The lowest BCUT2D eigenvalue weighted by atomic mass is 9.94. The van der Waals surface area contributed by atoms with Gasteiger partial charge in [-0.25, -0.2) is 9.13 Å². The third-order valence-electron chi connectivity index (χ3n) is 2.22. The van der Waals surface area contributed by atoms with E-state index in [0.29, 0.717) is 0 Å². The number of aliphatic hydroxyl groups is 2. The summed E-state index contributed by atoms with van der Waals surface area (Å²) in [6.07, 6.45) is -2.69. The Bertz CT molecular complexity index is 483. The van der Waals surface area contributed by atoms with Gasteiger partial charge in [-0.05, 0) is 5.15 Å². The SMILES string of the molecule is [B][C@@H]1S[C@H](COP(=O)(O)O[P+]([O-])(O)OP(=O)(O)O)[C@H](O)C1O. The summed E-state index contributed by atoms with van der Waals surface area (Å²) in [5.41, 5.74) is 0. The van der Waals surface area contributed by atoms with Gasteiger partial charge in [0.15, 0.2) is 0 Å². The number of hydrogen-bond donors (Lipinski definition) is 6. The number of phosphoric acid groups is 3. The molecule has 0 aromatic heterocycles. The third-order valence-corrected chi connectivity index (χ3v) is 7.38. The van der Waals surface area contributed by atoms with Crippen LogP contribution >= 0.6 is 35.6 Å². The van der Waals surface area contributed by atoms with Gasteiger partial charge in [0.2, 0.25) is 0 Å². The molecule has 3 unspecified atom stereocenters. The Kier molecular flexibility index (Phi) is 7.07. The number of phosphoric ester groups is 1. The molecule has 22 heavy (non-hydrogen) atoms. The summed E-state index contributed by atoms with van der Waals surface area (Å²) in [5, 5.41) is 17.1. The second-order valence-corrected chi connectivity index (χ2v) is 9.85. The quantitative estimate of drug-likeness (QED) is 0.195. The molecule has 1 fully saturated rings. The molecule has 6 atom stereocenters. The zero-order chi connectivity index (χ0) is 17.3. The molecule has 0 aromatic carbocycles. The molecule has 1 aliphatic rings. The van der Waals surface area contributed by atoms with Crippen LogP contribution in [0.25, 0.3) is 0 Å². The van der Waals surface area contributed by atoms with E-state index in [4.69, 9.17) is 22.5 Å². The number of aliphatic hydroxyl groups excluding tert-OH is 2. The smallest absolute Gasteiger partial charge is 0.510 e. The van der Waals surface area contributed by atoms with Gasteiger partial charge < -0.3 is 29.8 Å². The van der Waals surface area contributed by atoms with Gasteiger partial charge in [0.25, 0.3) is 0 Å². The minimum atomic E-state index is -5.58. The normalized spacial score (nSPS) is 35.0. The molecule has 0 aromatic rings. The fourth-order valence-electron chi connectivity index (χ4n) is 1.39. The summed E-state index contributed by atoms with van der Waals surface area (Å²) in [6.45, 7) is -0.708. The van der Waals surface area contributed by atoms with Gasteiger partial charge in [-0.2, -0.15) is 16.7 Å². The van der Waals surface area contributed by atoms with Crippen molar-refractivity contribution in [3.63, 3.8) is 0 Å². The summed E-state index contributed by atoms with van der Waals surface area (Å²) in [4.78, 5) is 45.9. The van der Waals surface area contributed by atoms with E-state index in [1.54, 1.807) is 0 Å². The zero-order valence-corrected chi connectivity index (χ0v) is 14.0. The first-order valence-electron chi connectivity index (χ1n) is 5.28. The van der Waals surface area contributed by atoms with Crippen molar-refractivity contribution in [1.82, 2.24) is 0 Å². The lowest BCUT2D eigenvalue weighted by Gasteiger charge is -2.22. The van der Waals surface area contributed by atoms with E-state index in [1.165, 1.54) is 0 Å². The standard InChI is InChI=1S/C5H12BO12P3S/c6-5-4(8)3(7)2(22-5)1-16-20(12,13)18-21(14,15)17-19(9,10)11/h2-5,7-8H,1H2,(H,12,13)(H,14,15)(H2,9,10,11)/t2-,3+,4?,5-/m1/s1. The highest BCUT2D eigenvalue weighted by molar-refractivity contribution is 8.02. The topological polar surface area (TPSA) is 206 Å². The predicted molar refractivity (Wildman–Crippen MR) is 72.1 cm³/mol. The van der Waals surface area contributed by atoms with E-state index in [9.17, 15) is 29.1 Å². The molecule has 1 aliphatic heterocycles. The Morgan fingerprint density at radius 3 is 2.14 bits per heavy atom. The highest BCUT2D eigenvalue weighted by Crippen LogP contribution is 2.68. The van der Waals surface area contributed by atoms with E-state index < -0.39 is 53.0 Å². The van der Waals surface area contributed by atoms with Crippen LogP contribution in [0.3, 0.4) is 0 Å². The molecule has 0 bridgehead atoms. The molecule has 0 amide bonds. The fourth-order valence-corrected chi connectivity index (χ4v) is 5.72. The second-order valence-electron chi connectivity index (χ2n) is 4.01. The number of hydrogen-bond acceptors (Lipinski definition) is 10. The fraction of sp³-hybridized carbons (Fsp3) is 1.00. The molecule has 6 N–H and O–H groups in total. The monoisotopic (exact) mass is 400 g/mol. The Morgan fingerprint density at radius 1 is 1.18 bits per heavy atom. The molecule has 12 nitrogen and oxygen atoms in total. The second kappa shape index (κ2) is 7.43. The maximum Gasteiger partial charge on any atom is 0.510 e. The van der Waals surface area contributed by atoms with Gasteiger partial charge in [-0.15, -0.1) is 0 Å². The predicted octanol–water partition coefficient (Wildman–Crippen LogP) is -2.41. The lowest BCUT2D eigenvalue weighted by Crippen LogP contribution is -2.34. The number of thioether (sulfide) groups is 1. The van der Waals surface area contributed by atoms with Gasteiger partial charge in [0.1, 0.15) is 0 Å². The largest absolute Gasteiger partial charge is 0.605 e. The van der Waals surface area contributed by atoms with E-state index in [1.807, 2.05) is 0 Å². The average molecular weight is 400 g/mol. The molecule has 0 saturated carbocycles. The maximum absolute atomic E-state index is 11.4. The molecule has 17 heteroatoms. The van der Waals surface area contributed by atoms with Crippen LogP contribution in [-0.4, -0.2) is 66.8 Å². The van der Waals surface area contributed by atoms with Gasteiger partial charge in [-0.3, -0.25) is 4.52 Å². The summed E-state index contributed by atoms with van der Waals surface area (Å²) in [6, 6.07) is 0. The minimum Gasteiger partial charge on any atom is -0.605 e. The molecule has 0 spiro atoms. The highest BCUT2D eigenvalue weighted by atomic mass is 32.2. The van der Waals surface area contributed by atoms with Crippen molar-refractivity contribution in [2.75, 3.05) is 6.61 Å². The number of rotatable bonds is 7. The van der Waals surface area contributed by atoms with Crippen molar-refractivity contribution in [1.29, 1.82) is 0 Å². The van der Waals surface area contributed by atoms with Crippen LogP contribution in [-0.2, 0) is 22.3 Å². The van der Waals surface area contributed by atoms with Crippen molar-refractivity contribution in [2.24, 2.45) is 0 Å². The Hall–Kier alpha value is 0.905. The first kappa shape index (κ1) is 20.9. The molecule has 1 rings (SSSR count). The minimum absolute atomic E-state index is 0.708. The van der Waals surface area contributed by atoms with Gasteiger partial charge in [-0.1, -0.05) is 8.62 Å². The Labute approximate surface area is 130 Å². The third kappa shape index (κ3) is 6.80. The average Bonchev–Trinajstić information content (AvgIpc) is 2.49. The van der Waals surface area contributed by atoms with Crippen LogP contribution in [0.4, 0.5) is 0 Å². The lowest BCUT2D eigenvalue weighted by molar-refractivity contribution is -0.227.